The van der Waals surface area contributed by atoms with Gasteiger partial charge in [-0.05, 0) is 29.0 Å². The highest BCUT2D eigenvalue weighted by molar-refractivity contribution is 14.1. The Hall–Kier alpha value is -0.920. The van der Waals surface area contributed by atoms with Crippen LogP contribution < -0.4 is 4.90 Å². The summed E-state index contributed by atoms with van der Waals surface area (Å²) in [6.45, 7) is 3.17. The van der Waals surface area contributed by atoms with E-state index in [1.807, 2.05) is 4.90 Å². The number of amides is 1. The molecule has 0 aliphatic rings. The van der Waals surface area contributed by atoms with E-state index in [4.69, 9.17) is 0 Å². The molecule has 0 saturated carbocycles. The molecule has 17 heavy (non-hydrogen) atoms. The van der Waals surface area contributed by atoms with Crippen LogP contribution in [0.5, 0.6) is 0 Å². The van der Waals surface area contributed by atoms with E-state index < -0.39 is 0 Å². The third-order valence-electron chi connectivity index (χ3n) is 2.21. The van der Waals surface area contributed by atoms with E-state index in [0.29, 0.717) is 12.5 Å². The van der Waals surface area contributed by atoms with Gasteiger partial charge in [0.15, 0.2) is 0 Å². The van der Waals surface area contributed by atoms with Gasteiger partial charge in [0.25, 0.3) is 0 Å². The summed E-state index contributed by atoms with van der Waals surface area (Å²) in [7, 11) is 3.50. The van der Waals surface area contributed by atoms with Gasteiger partial charge in [-0.2, -0.15) is 0 Å². The molecular weight excluding hydrogens is 331 g/mol. The van der Waals surface area contributed by atoms with E-state index in [-0.39, 0.29) is 5.91 Å². The van der Waals surface area contributed by atoms with Crippen LogP contribution in [0.3, 0.4) is 0 Å². The molecule has 0 atom stereocenters. The van der Waals surface area contributed by atoms with Crippen molar-refractivity contribution in [2.75, 3.05) is 32.1 Å². The molecule has 0 aromatic carbocycles. The molecule has 0 saturated heterocycles. The smallest absolute Gasteiger partial charge is 0.241 e. The highest BCUT2D eigenvalue weighted by atomic mass is 127. The summed E-state index contributed by atoms with van der Waals surface area (Å²) in [6, 6.07) is 0. The Morgan fingerprint density at radius 1 is 1.35 bits per heavy atom. The molecule has 0 radical (unpaired) electrons. The largest absolute Gasteiger partial charge is 0.347 e. The number of rotatable bonds is 5. The van der Waals surface area contributed by atoms with Crippen molar-refractivity contribution in [1.29, 1.82) is 0 Å². The molecule has 0 fully saturated rings. The van der Waals surface area contributed by atoms with Crippen LogP contribution in [0.2, 0.25) is 0 Å². The minimum Gasteiger partial charge on any atom is -0.347 e. The highest BCUT2D eigenvalue weighted by Crippen LogP contribution is 2.09. The van der Waals surface area contributed by atoms with E-state index in [0.717, 1.165) is 16.5 Å². The van der Waals surface area contributed by atoms with Crippen LogP contribution in [0.25, 0.3) is 0 Å². The lowest BCUT2D eigenvalue weighted by molar-refractivity contribution is -0.127. The molecule has 94 valence electrons. The summed E-state index contributed by atoms with van der Waals surface area (Å²) >= 11 is 2.16. The fourth-order valence-corrected chi connectivity index (χ4v) is 1.57. The lowest BCUT2D eigenvalue weighted by Crippen LogP contribution is -2.38. The first-order valence-corrected chi connectivity index (χ1v) is 6.55. The van der Waals surface area contributed by atoms with Crippen LogP contribution in [0.4, 0.5) is 5.95 Å². The van der Waals surface area contributed by atoms with Crippen LogP contribution in [0.1, 0.15) is 13.3 Å². The maximum Gasteiger partial charge on any atom is 0.241 e. The van der Waals surface area contributed by atoms with Crippen LogP contribution in [-0.4, -0.2) is 48.0 Å². The van der Waals surface area contributed by atoms with Crippen molar-refractivity contribution in [3.8, 4) is 0 Å². The minimum absolute atomic E-state index is 0.0561. The molecule has 0 aliphatic carbocycles. The number of nitrogens with zero attached hydrogens (tertiary/aromatic N) is 4. The van der Waals surface area contributed by atoms with Crippen molar-refractivity contribution in [3.05, 3.63) is 16.0 Å². The summed E-state index contributed by atoms with van der Waals surface area (Å²) in [4.78, 5) is 23.7. The van der Waals surface area contributed by atoms with E-state index in [9.17, 15) is 4.79 Å². The molecule has 0 aliphatic heterocycles. The Morgan fingerprint density at radius 2 is 1.94 bits per heavy atom. The van der Waals surface area contributed by atoms with Gasteiger partial charge in [-0.25, -0.2) is 9.97 Å². The van der Waals surface area contributed by atoms with Crippen molar-refractivity contribution in [3.63, 3.8) is 0 Å². The van der Waals surface area contributed by atoms with E-state index >= 15 is 0 Å². The standard InChI is InChI=1S/C11H17IN4O/c1-4-5-16(8-10(17)15(2)3)11-13-6-9(12)7-14-11/h6-7H,4-5,8H2,1-3H3. The second-order valence-electron chi connectivity index (χ2n) is 3.91. The van der Waals surface area contributed by atoms with Crippen molar-refractivity contribution in [1.82, 2.24) is 14.9 Å². The molecule has 1 rings (SSSR count). The lowest BCUT2D eigenvalue weighted by atomic mass is 10.4. The lowest BCUT2D eigenvalue weighted by Gasteiger charge is -2.22. The fourth-order valence-electron chi connectivity index (χ4n) is 1.29. The third kappa shape index (κ3) is 4.45. The Kier molecular flexibility index (Phi) is 5.60. The summed E-state index contributed by atoms with van der Waals surface area (Å²) in [5, 5.41) is 0. The first-order chi connectivity index (χ1) is 8.04. The SMILES string of the molecule is CCCN(CC(=O)N(C)C)c1ncc(I)cn1. The number of carbonyl (C=O) groups excluding carboxylic acids is 1. The monoisotopic (exact) mass is 348 g/mol. The van der Waals surface area contributed by atoms with Crippen molar-refractivity contribution >= 4 is 34.4 Å². The average Bonchev–Trinajstić information content (AvgIpc) is 2.29. The Balaban J connectivity index is 2.78. The molecule has 5 nitrogen and oxygen atoms in total. The van der Waals surface area contributed by atoms with Crippen molar-refractivity contribution in [2.24, 2.45) is 0 Å². The Morgan fingerprint density at radius 3 is 2.41 bits per heavy atom. The van der Waals surface area contributed by atoms with Gasteiger partial charge < -0.3 is 9.80 Å². The van der Waals surface area contributed by atoms with Gasteiger partial charge >= 0.3 is 0 Å². The predicted molar refractivity (Wildman–Crippen MR) is 75.9 cm³/mol. The zero-order valence-corrected chi connectivity index (χ0v) is 12.5. The second-order valence-corrected chi connectivity index (χ2v) is 5.16. The van der Waals surface area contributed by atoms with E-state index in [1.54, 1.807) is 31.4 Å². The molecule has 0 unspecified atom stereocenters. The van der Waals surface area contributed by atoms with Crippen molar-refractivity contribution < 1.29 is 4.79 Å². The normalized spacial score (nSPS) is 10.1. The van der Waals surface area contributed by atoms with Gasteiger partial charge in [0, 0.05) is 36.6 Å². The average molecular weight is 348 g/mol. The maximum absolute atomic E-state index is 11.7. The molecule has 0 N–H and O–H groups in total. The Bertz CT molecular complexity index is 366. The fraction of sp³-hybridized carbons (Fsp3) is 0.545. The zero-order valence-electron chi connectivity index (χ0n) is 10.4. The van der Waals surface area contributed by atoms with Gasteiger partial charge in [-0.1, -0.05) is 6.92 Å². The number of carbonyl (C=O) groups is 1. The number of likely N-dealkylation sites (N-methyl/N-ethyl adjacent to an activating group) is 1. The molecule has 1 amide bonds. The van der Waals surface area contributed by atoms with Crippen LogP contribution in [-0.2, 0) is 4.79 Å². The zero-order chi connectivity index (χ0) is 12.8. The minimum atomic E-state index is 0.0561. The quantitative estimate of drug-likeness (QED) is 0.755. The van der Waals surface area contributed by atoms with Crippen LogP contribution in [0.15, 0.2) is 12.4 Å². The van der Waals surface area contributed by atoms with Gasteiger partial charge in [-0.3, -0.25) is 4.79 Å². The number of hydrogen-bond acceptors (Lipinski definition) is 4. The molecule has 1 aromatic rings. The maximum atomic E-state index is 11.7. The number of halogens is 1. The molecule has 0 spiro atoms. The first-order valence-electron chi connectivity index (χ1n) is 5.47. The summed E-state index contributed by atoms with van der Waals surface area (Å²) in [6.07, 6.45) is 4.47. The Labute approximate surface area is 115 Å². The summed E-state index contributed by atoms with van der Waals surface area (Å²) < 4.78 is 0.988. The molecular formula is C11H17IN4O. The number of anilines is 1. The van der Waals surface area contributed by atoms with E-state index in [1.165, 1.54) is 0 Å². The van der Waals surface area contributed by atoms with Crippen LogP contribution >= 0.6 is 22.6 Å². The molecule has 6 heteroatoms. The van der Waals surface area contributed by atoms with Gasteiger partial charge in [-0.15, -0.1) is 0 Å². The van der Waals surface area contributed by atoms with Gasteiger partial charge in [0.05, 0.1) is 6.54 Å². The van der Waals surface area contributed by atoms with Gasteiger partial charge in [0.2, 0.25) is 11.9 Å². The van der Waals surface area contributed by atoms with Crippen molar-refractivity contribution in [2.45, 2.75) is 13.3 Å². The third-order valence-corrected chi connectivity index (χ3v) is 2.77. The molecule has 0 bridgehead atoms. The summed E-state index contributed by atoms with van der Waals surface area (Å²) in [5.41, 5.74) is 0. The predicted octanol–water partition coefficient (Wildman–Crippen LogP) is 1.39. The first kappa shape index (κ1) is 14.1. The number of hydrogen-bond donors (Lipinski definition) is 0. The molecule has 1 heterocycles. The van der Waals surface area contributed by atoms with E-state index in [2.05, 4.69) is 39.5 Å². The highest BCUT2D eigenvalue weighted by Gasteiger charge is 2.14. The van der Waals surface area contributed by atoms with Crippen LogP contribution in [0, 0.1) is 3.57 Å². The second kappa shape index (κ2) is 6.73. The van der Waals surface area contributed by atoms with Gasteiger partial charge in [0.1, 0.15) is 0 Å². The molecule has 1 aromatic heterocycles. The number of aromatic nitrogens is 2. The summed E-state index contributed by atoms with van der Waals surface area (Å²) in [5.74, 6) is 0.670. The topological polar surface area (TPSA) is 49.3 Å².